The van der Waals surface area contributed by atoms with E-state index in [9.17, 15) is 18.0 Å². The fourth-order valence-corrected chi connectivity index (χ4v) is 1.60. The summed E-state index contributed by atoms with van der Waals surface area (Å²) < 4.78 is 38.2. The lowest BCUT2D eigenvalue weighted by Gasteiger charge is -2.11. The van der Waals surface area contributed by atoms with Crippen molar-refractivity contribution in [1.82, 2.24) is 4.98 Å². The minimum absolute atomic E-state index is 0.201. The molecule has 0 unspecified atom stereocenters. The number of rotatable bonds is 1. The van der Waals surface area contributed by atoms with Gasteiger partial charge in [-0.3, -0.25) is 0 Å². The van der Waals surface area contributed by atoms with E-state index >= 15 is 0 Å². The summed E-state index contributed by atoms with van der Waals surface area (Å²) in [4.78, 5) is 13.1. The summed E-state index contributed by atoms with van der Waals surface area (Å²) in [6.07, 6.45) is -3.36. The Kier molecular flexibility index (Phi) is 2.15. The van der Waals surface area contributed by atoms with Crippen LogP contribution in [0.5, 0.6) is 0 Å². The number of alkyl halides is 3. The van der Waals surface area contributed by atoms with Crippen LogP contribution >= 0.6 is 0 Å². The molecule has 6 heteroatoms. The number of carboxylic acid groups (broad SMARTS) is 1. The molecule has 1 heterocycles. The predicted octanol–water partition coefficient (Wildman–Crippen LogP) is 2.88. The molecule has 1 aromatic heterocycles. The Morgan fingerprint density at radius 2 is 1.94 bits per heavy atom. The van der Waals surface area contributed by atoms with Crippen molar-refractivity contribution in [3.8, 4) is 0 Å². The second kappa shape index (κ2) is 3.26. The molecule has 0 aliphatic rings. The highest BCUT2D eigenvalue weighted by Crippen LogP contribution is 2.36. The molecule has 0 radical (unpaired) electrons. The normalized spacial score (nSPS) is 11.9. The minimum Gasteiger partial charge on any atom is -0.478 e. The van der Waals surface area contributed by atoms with Crippen LogP contribution in [0.2, 0.25) is 0 Å². The zero-order valence-corrected chi connectivity index (χ0v) is 7.80. The first-order chi connectivity index (χ1) is 7.41. The molecule has 0 saturated heterocycles. The molecule has 0 atom stereocenters. The van der Waals surface area contributed by atoms with E-state index in [-0.39, 0.29) is 5.52 Å². The maximum Gasteiger partial charge on any atom is 0.419 e. The molecule has 0 fully saturated rings. The van der Waals surface area contributed by atoms with Crippen LogP contribution < -0.4 is 0 Å². The Balaban J connectivity index is 2.86. The van der Waals surface area contributed by atoms with Gasteiger partial charge in [0.05, 0.1) is 16.6 Å². The van der Waals surface area contributed by atoms with Crippen LogP contribution in [0, 0.1) is 0 Å². The van der Waals surface area contributed by atoms with E-state index in [0.29, 0.717) is 5.39 Å². The van der Waals surface area contributed by atoms with Gasteiger partial charge in [0.2, 0.25) is 0 Å². The Morgan fingerprint density at radius 3 is 2.50 bits per heavy atom. The SMILES string of the molecule is O=C(O)c1ccc2cc[nH]c2c1C(F)(F)F. The van der Waals surface area contributed by atoms with Crippen LogP contribution in [0.3, 0.4) is 0 Å². The second-order valence-corrected chi connectivity index (χ2v) is 3.23. The number of aromatic nitrogens is 1. The number of hydrogen-bond donors (Lipinski definition) is 2. The van der Waals surface area contributed by atoms with E-state index in [1.54, 1.807) is 0 Å². The van der Waals surface area contributed by atoms with Crippen molar-refractivity contribution in [2.45, 2.75) is 6.18 Å². The van der Waals surface area contributed by atoms with Crippen LogP contribution in [-0.2, 0) is 6.18 Å². The smallest absolute Gasteiger partial charge is 0.419 e. The third-order valence-electron chi connectivity index (χ3n) is 2.24. The van der Waals surface area contributed by atoms with Crippen molar-refractivity contribution in [2.75, 3.05) is 0 Å². The summed E-state index contributed by atoms with van der Waals surface area (Å²) in [5.74, 6) is -1.59. The van der Waals surface area contributed by atoms with Crippen LogP contribution in [0.4, 0.5) is 13.2 Å². The standard InChI is InChI=1S/C10H6F3NO2/c11-10(12,13)7-6(9(15)16)2-1-5-3-4-14-8(5)7/h1-4,14H,(H,15,16). The van der Waals surface area contributed by atoms with Crippen molar-refractivity contribution >= 4 is 16.9 Å². The third-order valence-corrected chi connectivity index (χ3v) is 2.24. The monoisotopic (exact) mass is 229 g/mol. The number of benzene rings is 1. The Bertz CT molecular complexity index is 557. The topological polar surface area (TPSA) is 53.1 Å². The molecule has 2 N–H and O–H groups in total. The largest absolute Gasteiger partial charge is 0.478 e. The molecule has 84 valence electrons. The summed E-state index contributed by atoms with van der Waals surface area (Å²) >= 11 is 0. The molecule has 2 aromatic rings. The summed E-state index contributed by atoms with van der Waals surface area (Å²) in [7, 11) is 0. The van der Waals surface area contributed by atoms with Gasteiger partial charge >= 0.3 is 12.1 Å². The summed E-state index contributed by atoms with van der Waals surface area (Å²) in [5, 5.41) is 9.04. The van der Waals surface area contributed by atoms with Crippen LogP contribution in [0.1, 0.15) is 15.9 Å². The molecule has 2 rings (SSSR count). The van der Waals surface area contributed by atoms with Gasteiger partial charge < -0.3 is 10.1 Å². The summed E-state index contributed by atoms with van der Waals surface area (Å²) in [6.45, 7) is 0. The molecule has 0 saturated carbocycles. The number of carbonyl (C=O) groups is 1. The first-order valence-electron chi connectivity index (χ1n) is 4.32. The molecule has 16 heavy (non-hydrogen) atoms. The average Bonchev–Trinajstić information content (AvgIpc) is 2.61. The van der Waals surface area contributed by atoms with Crippen molar-refractivity contribution in [2.24, 2.45) is 0 Å². The third kappa shape index (κ3) is 1.52. The number of carboxylic acids is 1. The van der Waals surface area contributed by atoms with Gasteiger partial charge in [-0.2, -0.15) is 13.2 Å². The van der Waals surface area contributed by atoms with Gasteiger partial charge in [-0.05, 0) is 12.1 Å². The van der Waals surface area contributed by atoms with Gasteiger partial charge in [0.25, 0.3) is 0 Å². The lowest BCUT2D eigenvalue weighted by atomic mass is 10.0. The molecule has 1 aromatic carbocycles. The van der Waals surface area contributed by atoms with Gasteiger partial charge in [0, 0.05) is 11.6 Å². The minimum atomic E-state index is -4.70. The highest BCUT2D eigenvalue weighted by molar-refractivity contribution is 5.97. The number of aromatic amines is 1. The van der Waals surface area contributed by atoms with Crippen LogP contribution in [0.15, 0.2) is 24.4 Å². The Labute approximate surface area is 87.5 Å². The van der Waals surface area contributed by atoms with E-state index in [4.69, 9.17) is 5.11 Å². The van der Waals surface area contributed by atoms with Crippen molar-refractivity contribution in [3.05, 3.63) is 35.5 Å². The number of fused-ring (bicyclic) bond motifs is 1. The van der Waals surface area contributed by atoms with Gasteiger partial charge in [0.15, 0.2) is 0 Å². The predicted molar refractivity (Wildman–Crippen MR) is 50.3 cm³/mol. The number of hydrogen-bond acceptors (Lipinski definition) is 1. The highest BCUT2D eigenvalue weighted by Gasteiger charge is 2.37. The van der Waals surface area contributed by atoms with E-state index < -0.39 is 23.3 Å². The maximum atomic E-state index is 12.7. The quantitative estimate of drug-likeness (QED) is 0.789. The second-order valence-electron chi connectivity index (χ2n) is 3.23. The first kappa shape index (κ1) is 10.5. The molecule has 3 nitrogen and oxygen atoms in total. The van der Waals surface area contributed by atoms with Gasteiger partial charge in [-0.25, -0.2) is 4.79 Å². The highest BCUT2D eigenvalue weighted by atomic mass is 19.4. The zero-order chi connectivity index (χ0) is 11.9. The Hall–Kier alpha value is -1.98. The lowest BCUT2D eigenvalue weighted by Crippen LogP contribution is -2.13. The van der Waals surface area contributed by atoms with E-state index in [1.807, 2.05) is 0 Å². The molecule has 0 aliphatic carbocycles. The van der Waals surface area contributed by atoms with Gasteiger partial charge in [0.1, 0.15) is 0 Å². The van der Waals surface area contributed by atoms with Crippen molar-refractivity contribution in [1.29, 1.82) is 0 Å². The van der Waals surface area contributed by atoms with E-state index in [1.165, 1.54) is 18.3 Å². The molecule has 0 amide bonds. The van der Waals surface area contributed by atoms with Crippen LogP contribution in [0.25, 0.3) is 10.9 Å². The fraction of sp³-hybridized carbons (Fsp3) is 0.100. The summed E-state index contributed by atoms with van der Waals surface area (Å²) in [6, 6.07) is 3.75. The number of halogens is 3. The molecular formula is C10H6F3NO2. The number of nitrogens with one attached hydrogen (secondary N) is 1. The molecule has 0 bridgehead atoms. The number of H-pyrrole nitrogens is 1. The molecular weight excluding hydrogens is 223 g/mol. The lowest BCUT2D eigenvalue weighted by molar-refractivity contribution is -0.136. The zero-order valence-electron chi connectivity index (χ0n) is 7.80. The van der Waals surface area contributed by atoms with Crippen molar-refractivity contribution in [3.63, 3.8) is 0 Å². The fourth-order valence-electron chi connectivity index (χ4n) is 1.60. The molecule has 0 spiro atoms. The first-order valence-corrected chi connectivity index (χ1v) is 4.32. The Morgan fingerprint density at radius 1 is 1.25 bits per heavy atom. The van der Waals surface area contributed by atoms with E-state index in [2.05, 4.69) is 4.98 Å². The molecule has 0 aliphatic heterocycles. The van der Waals surface area contributed by atoms with Gasteiger partial charge in [-0.1, -0.05) is 6.07 Å². The van der Waals surface area contributed by atoms with Gasteiger partial charge in [-0.15, -0.1) is 0 Å². The number of aromatic carboxylic acids is 1. The van der Waals surface area contributed by atoms with Crippen molar-refractivity contribution < 1.29 is 23.1 Å². The van der Waals surface area contributed by atoms with Crippen LogP contribution in [-0.4, -0.2) is 16.1 Å². The maximum absolute atomic E-state index is 12.7. The summed E-state index contributed by atoms with van der Waals surface area (Å²) in [5.41, 5.74) is -2.09. The average molecular weight is 229 g/mol. The van der Waals surface area contributed by atoms with E-state index in [0.717, 1.165) is 6.07 Å².